The fourth-order valence-corrected chi connectivity index (χ4v) is 1.62. The van der Waals surface area contributed by atoms with Gasteiger partial charge in [-0.25, -0.2) is 0 Å². The summed E-state index contributed by atoms with van der Waals surface area (Å²) in [6, 6.07) is 0.590. The molecule has 2 nitrogen and oxygen atoms in total. The maximum absolute atomic E-state index is 5.54. The molecular formula is C9H22N2. The van der Waals surface area contributed by atoms with Gasteiger partial charge in [0.05, 0.1) is 0 Å². The third-order valence-corrected chi connectivity index (χ3v) is 2.06. The van der Waals surface area contributed by atoms with Crippen LogP contribution in [0, 0.1) is 5.41 Å². The van der Waals surface area contributed by atoms with E-state index in [2.05, 4.69) is 39.8 Å². The number of rotatable bonds is 3. The van der Waals surface area contributed by atoms with Gasteiger partial charge in [0, 0.05) is 6.04 Å². The number of nitrogens with zero attached hydrogens (tertiary/aromatic N) is 1. The van der Waals surface area contributed by atoms with Crippen molar-refractivity contribution in [1.29, 1.82) is 0 Å². The fraction of sp³-hybridized carbons (Fsp3) is 1.00. The summed E-state index contributed by atoms with van der Waals surface area (Å²) in [5.74, 6) is 0. The van der Waals surface area contributed by atoms with Gasteiger partial charge in [-0.2, -0.15) is 0 Å². The van der Waals surface area contributed by atoms with Gasteiger partial charge in [0.15, 0.2) is 0 Å². The predicted molar refractivity (Wildman–Crippen MR) is 50.6 cm³/mol. The Morgan fingerprint density at radius 3 is 1.82 bits per heavy atom. The van der Waals surface area contributed by atoms with Crippen molar-refractivity contribution in [3.63, 3.8) is 0 Å². The van der Waals surface area contributed by atoms with E-state index < -0.39 is 0 Å². The molecule has 0 aliphatic carbocycles. The fourth-order valence-electron chi connectivity index (χ4n) is 1.62. The summed E-state index contributed by atoms with van der Waals surface area (Å²) >= 11 is 0. The maximum atomic E-state index is 5.54. The first-order chi connectivity index (χ1) is 4.89. The van der Waals surface area contributed by atoms with Crippen LogP contribution in [0.3, 0.4) is 0 Å². The highest BCUT2D eigenvalue weighted by Crippen LogP contribution is 2.24. The van der Waals surface area contributed by atoms with Gasteiger partial charge in [-0.15, -0.1) is 0 Å². The molecule has 0 spiro atoms. The number of nitrogens with two attached hydrogens (primary N) is 1. The van der Waals surface area contributed by atoms with Gasteiger partial charge in [0.2, 0.25) is 0 Å². The maximum Gasteiger partial charge on any atom is 0.0150 e. The summed E-state index contributed by atoms with van der Waals surface area (Å²) in [4.78, 5) is 2.26. The van der Waals surface area contributed by atoms with E-state index in [1.165, 1.54) is 0 Å². The quantitative estimate of drug-likeness (QED) is 0.671. The van der Waals surface area contributed by atoms with E-state index in [1.807, 2.05) is 0 Å². The van der Waals surface area contributed by atoms with Gasteiger partial charge < -0.3 is 10.6 Å². The van der Waals surface area contributed by atoms with E-state index in [1.54, 1.807) is 0 Å². The molecule has 0 aromatic heterocycles. The van der Waals surface area contributed by atoms with Crippen LogP contribution in [0.15, 0.2) is 0 Å². The van der Waals surface area contributed by atoms with Crippen LogP contribution in [0.25, 0.3) is 0 Å². The second-order valence-electron chi connectivity index (χ2n) is 4.42. The number of hydrogen-bond acceptors (Lipinski definition) is 2. The summed E-state index contributed by atoms with van der Waals surface area (Å²) in [6.45, 7) is 7.55. The van der Waals surface area contributed by atoms with Gasteiger partial charge >= 0.3 is 0 Å². The van der Waals surface area contributed by atoms with Crippen molar-refractivity contribution in [2.75, 3.05) is 20.6 Å². The van der Waals surface area contributed by atoms with Crippen molar-refractivity contribution in [2.24, 2.45) is 11.1 Å². The van der Waals surface area contributed by atoms with Crippen LogP contribution in [-0.2, 0) is 0 Å². The van der Waals surface area contributed by atoms with Gasteiger partial charge in [-0.05, 0) is 32.5 Å². The second-order valence-corrected chi connectivity index (χ2v) is 4.42. The Morgan fingerprint density at radius 1 is 1.27 bits per heavy atom. The largest absolute Gasteiger partial charge is 0.330 e. The molecule has 2 heteroatoms. The van der Waals surface area contributed by atoms with Crippen molar-refractivity contribution >= 4 is 0 Å². The monoisotopic (exact) mass is 158 g/mol. The van der Waals surface area contributed by atoms with Crippen molar-refractivity contribution < 1.29 is 0 Å². The molecule has 11 heavy (non-hydrogen) atoms. The topological polar surface area (TPSA) is 29.3 Å². The summed E-state index contributed by atoms with van der Waals surface area (Å²) in [5, 5.41) is 0. The minimum atomic E-state index is 0.336. The third-order valence-electron chi connectivity index (χ3n) is 2.06. The Morgan fingerprint density at radius 2 is 1.73 bits per heavy atom. The standard InChI is InChI=1S/C9H22N2/c1-9(2,3)8(6-7-10)11(4)5/h8H,6-7,10H2,1-5H3. The second kappa shape index (κ2) is 4.07. The molecule has 0 aromatic carbocycles. The SMILES string of the molecule is CN(C)C(CCN)C(C)(C)C. The molecule has 0 aliphatic heterocycles. The predicted octanol–water partition coefficient (Wildman–Crippen LogP) is 1.31. The average Bonchev–Trinajstić information content (AvgIpc) is 1.79. The molecule has 0 rings (SSSR count). The first kappa shape index (κ1) is 10.9. The summed E-state index contributed by atoms with van der Waals surface area (Å²) in [6.07, 6.45) is 1.08. The lowest BCUT2D eigenvalue weighted by molar-refractivity contribution is 0.145. The average molecular weight is 158 g/mol. The zero-order valence-electron chi connectivity index (χ0n) is 8.52. The zero-order chi connectivity index (χ0) is 9.07. The van der Waals surface area contributed by atoms with Crippen molar-refractivity contribution in [2.45, 2.75) is 33.2 Å². The molecule has 0 aliphatic rings. The third kappa shape index (κ3) is 3.73. The minimum absolute atomic E-state index is 0.336. The van der Waals surface area contributed by atoms with Crippen molar-refractivity contribution in [3.8, 4) is 0 Å². The van der Waals surface area contributed by atoms with Gasteiger partial charge in [-0.3, -0.25) is 0 Å². The van der Waals surface area contributed by atoms with E-state index in [0.717, 1.165) is 13.0 Å². The molecular weight excluding hydrogens is 136 g/mol. The van der Waals surface area contributed by atoms with Crippen LogP contribution >= 0.6 is 0 Å². The molecule has 0 saturated carbocycles. The molecule has 0 fully saturated rings. The molecule has 68 valence electrons. The highest BCUT2D eigenvalue weighted by atomic mass is 15.1. The Kier molecular flexibility index (Phi) is 4.04. The van der Waals surface area contributed by atoms with Crippen LogP contribution in [0.1, 0.15) is 27.2 Å². The van der Waals surface area contributed by atoms with Gasteiger partial charge in [-0.1, -0.05) is 20.8 Å². The lowest BCUT2D eigenvalue weighted by Gasteiger charge is -2.35. The van der Waals surface area contributed by atoms with Crippen LogP contribution < -0.4 is 5.73 Å². The molecule has 2 N–H and O–H groups in total. The Balaban J connectivity index is 4.10. The van der Waals surface area contributed by atoms with E-state index in [4.69, 9.17) is 5.73 Å². The normalized spacial score (nSPS) is 15.5. The highest BCUT2D eigenvalue weighted by molar-refractivity contribution is 4.80. The van der Waals surface area contributed by atoms with E-state index in [9.17, 15) is 0 Å². The van der Waals surface area contributed by atoms with Crippen molar-refractivity contribution in [1.82, 2.24) is 4.90 Å². The lowest BCUT2D eigenvalue weighted by atomic mass is 9.84. The van der Waals surface area contributed by atoms with Gasteiger partial charge in [0.1, 0.15) is 0 Å². The minimum Gasteiger partial charge on any atom is -0.330 e. The smallest absolute Gasteiger partial charge is 0.0150 e. The van der Waals surface area contributed by atoms with Crippen molar-refractivity contribution in [3.05, 3.63) is 0 Å². The molecule has 0 saturated heterocycles. The molecule has 1 atom stereocenters. The Hall–Kier alpha value is -0.0800. The number of hydrogen-bond donors (Lipinski definition) is 1. The first-order valence-corrected chi connectivity index (χ1v) is 4.26. The summed E-state index contributed by atoms with van der Waals surface area (Å²) < 4.78 is 0. The summed E-state index contributed by atoms with van der Waals surface area (Å²) in [5.41, 5.74) is 5.87. The lowest BCUT2D eigenvalue weighted by Crippen LogP contribution is -2.40. The molecule has 0 amide bonds. The van der Waals surface area contributed by atoms with Crippen LogP contribution in [-0.4, -0.2) is 31.6 Å². The molecule has 1 unspecified atom stereocenters. The van der Waals surface area contributed by atoms with E-state index >= 15 is 0 Å². The molecule has 0 bridgehead atoms. The molecule has 0 heterocycles. The van der Waals surface area contributed by atoms with Crippen LogP contribution in [0.5, 0.6) is 0 Å². The zero-order valence-corrected chi connectivity index (χ0v) is 8.52. The summed E-state index contributed by atoms with van der Waals surface area (Å²) in [7, 11) is 4.23. The molecule has 0 radical (unpaired) electrons. The Bertz CT molecular complexity index is 103. The highest BCUT2D eigenvalue weighted by Gasteiger charge is 2.25. The first-order valence-electron chi connectivity index (χ1n) is 4.26. The van der Waals surface area contributed by atoms with E-state index in [0.29, 0.717) is 11.5 Å². The van der Waals surface area contributed by atoms with Crippen LogP contribution in [0.4, 0.5) is 0 Å². The molecule has 0 aromatic rings. The van der Waals surface area contributed by atoms with Gasteiger partial charge in [0.25, 0.3) is 0 Å². The van der Waals surface area contributed by atoms with E-state index in [-0.39, 0.29) is 0 Å². The Labute approximate surface area is 70.8 Å². The van der Waals surface area contributed by atoms with Crippen LogP contribution in [0.2, 0.25) is 0 Å².